The van der Waals surface area contributed by atoms with Gasteiger partial charge in [-0.25, -0.2) is 0 Å². The van der Waals surface area contributed by atoms with Crippen molar-refractivity contribution in [2.75, 3.05) is 0 Å². The highest BCUT2D eigenvalue weighted by Crippen LogP contribution is 2.37. The van der Waals surface area contributed by atoms with Crippen molar-refractivity contribution < 1.29 is 0 Å². The minimum atomic E-state index is -1.55. The molecule has 226 valence electrons. The molecule has 5 aromatic carbocycles. The molecule has 0 aliphatic heterocycles. The maximum absolute atomic E-state index is 4.83. The first-order valence-electron chi connectivity index (χ1n) is 16.2. The van der Waals surface area contributed by atoms with Crippen molar-refractivity contribution in [1.29, 1.82) is 0 Å². The smallest absolute Gasteiger partial charge is 0.0776 e. The number of pyridine rings is 1. The molecule has 3 nitrogen and oxygen atoms in total. The van der Waals surface area contributed by atoms with Gasteiger partial charge in [-0.3, -0.25) is 4.98 Å². The van der Waals surface area contributed by atoms with Crippen LogP contribution in [-0.4, -0.2) is 30.3 Å². The number of aromatic nitrogens is 3. The summed E-state index contributed by atoms with van der Waals surface area (Å²) in [4.78, 5) is 4.83. The fraction of sp³-hybridized carbons (Fsp3) is 0.146. The Morgan fingerprint density at radius 2 is 0.891 bits per heavy atom. The van der Waals surface area contributed by atoms with Crippen molar-refractivity contribution >= 4 is 70.1 Å². The van der Waals surface area contributed by atoms with Crippen molar-refractivity contribution in [3.8, 4) is 22.6 Å². The van der Waals surface area contributed by atoms with E-state index in [1.54, 1.807) is 0 Å². The summed E-state index contributed by atoms with van der Waals surface area (Å²) >= 11 is 0. The summed E-state index contributed by atoms with van der Waals surface area (Å²) in [5, 5.41) is 8.07. The Morgan fingerprint density at radius 3 is 1.35 bits per heavy atom. The standard InChI is InChI=1S/C41H39N3Si2/c1-45(2,3)31-18-20-35-33-13-7-9-16-38(33)43(40(35)26-31)29-23-28(37-15-11-12-22-42-37)24-30(25-29)44-39-17-10-8-14-34(39)36-21-19-32(27-41(36)44)46(4,5)6/h7-27H,1-6H3. The quantitative estimate of drug-likeness (QED) is 0.174. The van der Waals surface area contributed by atoms with E-state index in [1.165, 1.54) is 54.0 Å². The molecule has 0 amide bonds. The first-order valence-corrected chi connectivity index (χ1v) is 23.2. The van der Waals surface area contributed by atoms with Gasteiger partial charge in [0.15, 0.2) is 0 Å². The third-order valence-corrected chi connectivity index (χ3v) is 13.5. The van der Waals surface area contributed by atoms with Crippen molar-refractivity contribution in [1.82, 2.24) is 14.1 Å². The first kappa shape index (κ1) is 28.7. The Balaban J connectivity index is 1.50. The molecule has 3 aromatic heterocycles. The summed E-state index contributed by atoms with van der Waals surface area (Å²) in [6, 6.07) is 45.2. The average Bonchev–Trinajstić information content (AvgIpc) is 3.56. The second-order valence-electron chi connectivity index (χ2n) is 14.6. The number of hydrogen-bond acceptors (Lipinski definition) is 1. The lowest BCUT2D eigenvalue weighted by molar-refractivity contribution is 1.13. The predicted molar refractivity (Wildman–Crippen MR) is 204 cm³/mol. The van der Waals surface area contributed by atoms with Gasteiger partial charge in [-0.2, -0.15) is 0 Å². The van der Waals surface area contributed by atoms with E-state index in [2.05, 4.69) is 164 Å². The molecule has 0 unspecified atom stereocenters. The van der Waals surface area contributed by atoms with Crippen LogP contribution >= 0.6 is 0 Å². The average molecular weight is 630 g/mol. The molecule has 3 heterocycles. The fourth-order valence-corrected chi connectivity index (χ4v) is 9.27. The molecule has 8 rings (SSSR count). The summed E-state index contributed by atoms with van der Waals surface area (Å²) in [7, 11) is -3.10. The molecule has 0 fully saturated rings. The van der Waals surface area contributed by atoms with E-state index in [1.807, 2.05) is 12.3 Å². The minimum absolute atomic E-state index is 0.970. The Hall–Kier alpha value is -4.72. The van der Waals surface area contributed by atoms with E-state index in [9.17, 15) is 0 Å². The molecule has 0 N–H and O–H groups in total. The third kappa shape index (κ3) is 4.65. The van der Waals surface area contributed by atoms with E-state index >= 15 is 0 Å². The Morgan fingerprint density at radius 1 is 0.435 bits per heavy atom. The lowest BCUT2D eigenvalue weighted by Crippen LogP contribution is -2.37. The van der Waals surface area contributed by atoms with Gasteiger partial charge in [0.25, 0.3) is 0 Å². The highest BCUT2D eigenvalue weighted by Gasteiger charge is 2.22. The number of benzene rings is 5. The summed E-state index contributed by atoms with van der Waals surface area (Å²) in [6.45, 7) is 14.6. The highest BCUT2D eigenvalue weighted by atomic mass is 28.3. The van der Waals surface area contributed by atoms with Crippen molar-refractivity contribution in [3.63, 3.8) is 0 Å². The highest BCUT2D eigenvalue weighted by molar-refractivity contribution is 6.89. The molecule has 0 aliphatic carbocycles. The number of fused-ring (bicyclic) bond motifs is 6. The Kier molecular flexibility index (Phi) is 6.50. The Labute approximate surface area is 272 Å². The Bertz CT molecular complexity index is 2290. The van der Waals surface area contributed by atoms with Crippen molar-refractivity contribution in [2.24, 2.45) is 0 Å². The van der Waals surface area contributed by atoms with Crippen LogP contribution in [0.1, 0.15) is 0 Å². The van der Waals surface area contributed by atoms with Gasteiger partial charge in [0.05, 0.1) is 43.9 Å². The molecule has 0 radical (unpaired) electrons. The van der Waals surface area contributed by atoms with Crippen LogP contribution < -0.4 is 10.4 Å². The third-order valence-electron chi connectivity index (χ3n) is 9.46. The van der Waals surface area contributed by atoms with E-state index in [0.29, 0.717) is 0 Å². The zero-order chi connectivity index (χ0) is 31.8. The van der Waals surface area contributed by atoms with Crippen LogP contribution in [0.3, 0.4) is 0 Å². The van der Waals surface area contributed by atoms with Crippen LogP contribution in [-0.2, 0) is 0 Å². The topological polar surface area (TPSA) is 22.8 Å². The normalized spacial score (nSPS) is 12.6. The maximum atomic E-state index is 4.83. The van der Waals surface area contributed by atoms with Crippen LogP contribution in [0.25, 0.3) is 66.2 Å². The van der Waals surface area contributed by atoms with E-state index in [4.69, 9.17) is 4.98 Å². The molecule has 0 saturated carbocycles. The van der Waals surface area contributed by atoms with Gasteiger partial charge in [0.1, 0.15) is 0 Å². The first-order chi connectivity index (χ1) is 22.1. The zero-order valence-electron chi connectivity index (χ0n) is 27.5. The number of hydrogen-bond donors (Lipinski definition) is 0. The molecule has 0 bridgehead atoms. The fourth-order valence-electron chi connectivity index (χ4n) is 6.97. The van der Waals surface area contributed by atoms with Gasteiger partial charge in [-0.15, -0.1) is 0 Å². The SMILES string of the molecule is C[Si](C)(C)c1ccc2c3ccccc3n(-c3cc(-c4ccccn4)cc(-n4c5ccccc5c5ccc([Si](C)(C)C)cc54)c3)c2c1. The lowest BCUT2D eigenvalue weighted by atomic mass is 10.1. The van der Waals surface area contributed by atoms with E-state index < -0.39 is 16.1 Å². The largest absolute Gasteiger partial charge is 0.309 e. The monoisotopic (exact) mass is 629 g/mol. The van der Waals surface area contributed by atoms with Gasteiger partial charge >= 0.3 is 0 Å². The van der Waals surface area contributed by atoms with Crippen LogP contribution in [0, 0.1) is 0 Å². The summed E-state index contributed by atoms with van der Waals surface area (Å²) in [5.41, 5.74) is 9.32. The van der Waals surface area contributed by atoms with Gasteiger partial charge in [-0.1, -0.05) is 116 Å². The zero-order valence-corrected chi connectivity index (χ0v) is 29.5. The molecule has 0 spiro atoms. The van der Waals surface area contributed by atoms with Crippen molar-refractivity contribution in [2.45, 2.75) is 39.3 Å². The lowest BCUT2D eigenvalue weighted by Gasteiger charge is -2.19. The molecule has 8 aromatic rings. The van der Waals surface area contributed by atoms with Gasteiger partial charge in [-0.05, 0) is 54.6 Å². The van der Waals surface area contributed by atoms with E-state index in [-0.39, 0.29) is 0 Å². The van der Waals surface area contributed by atoms with Gasteiger partial charge < -0.3 is 9.13 Å². The number of rotatable bonds is 5. The van der Waals surface area contributed by atoms with Gasteiger partial charge in [0, 0.05) is 44.7 Å². The summed E-state index contributed by atoms with van der Waals surface area (Å²) in [6.07, 6.45) is 1.89. The van der Waals surface area contributed by atoms with Crippen LogP contribution in [0.15, 0.2) is 128 Å². The molecule has 0 atom stereocenters. The number of nitrogens with zero attached hydrogens (tertiary/aromatic N) is 3. The molecular weight excluding hydrogens is 591 g/mol. The minimum Gasteiger partial charge on any atom is -0.309 e. The maximum Gasteiger partial charge on any atom is 0.0776 e. The summed E-state index contributed by atoms with van der Waals surface area (Å²) in [5.74, 6) is 0. The van der Waals surface area contributed by atoms with Crippen LogP contribution in [0.2, 0.25) is 39.3 Å². The second-order valence-corrected chi connectivity index (χ2v) is 24.8. The van der Waals surface area contributed by atoms with E-state index in [0.717, 1.165) is 22.6 Å². The van der Waals surface area contributed by atoms with Gasteiger partial charge in [0.2, 0.25) is 0 Å². The molecule has 46 heavy (non-hydrogen) atoms. The molecule has 0 saturated heterocycles. The molecular formula is C41H39N3Si2. The molecule has 0 aliphatic rings. The predicted octanol–water partition coefficient (Wildman–Crippen LogP) is 10.0. The van der Waals surface area contributed by atoms with Crippen LogP contribution in [0.5, 0.6) is 0 Å². The summed E-state index contributed by atoms with van der Waals surface area (Å²) < 4.78 is 4.96. The number of para-hydroxylation sites is 2. The van der Waals surface area contributed by atoms with Crippen molar-refractivity contribution in [3.05, 3.63) is 128 Å². The molecule has 5 heteroatoms. The van der Waals surface area contributed by atoms with Crippen LogP contribution in [0.4, 0.5) is 0 Å². The second kappa shape index (κ2) is 10.4.